The second-order valence-corrected chi connectivity index (χ2v) is 7.93. The number of hydrogen-bond acceptors (Lipinski definition) is 5. The molecule has 0 aliphatic rings. The van der Waals surface area contributed by atoms with Gasteiger partial charge in [-0.25, -0.2) is 9.78 Å². The van der Waals surface area contributed by atoms with Crippen LogP contribution in [0, 0.1) is 0 Å². The number of carboxylic acids is 1. The molecule has 0 bridgehead atoms. The van der Waals surface area contributed by atoms with Gasteiger partial charge in [0, 0.05) is 16.5 Å². The number of hydrogen-bond donors (Lipinski definition) is 1. The van der Waals surface area contributed by atoms with Gasteiger partial charge in [-0.1, -0.05) is 40.5 Å². The number of carboxylic acid groups (broad SMARTS) is 1. The first-order chi connectivity index (χ1) is 14.9. The Kier molecular flexibility index (Phi) is 5.75. The Morgan fingerprint density at radius 1 is 1.26 bits per heavy atom. The summed E-state index contributed by atoms with van der Waals surface area (Å²) in [5.74, 6) is 0.330. The van der Waals surface area contributed by atoms with Crippen molar-refractivity contribution < 1.29 is 14.3 Å². The minimum Gasteiger partial charge on any atom is -0.478 e. The largest absolute Gasteiger partial charge is 0.478 e. The highest BCUT2D eigenvalue weighted by Crippen LogP contribution is 2.27. The third kappa shape index (κ3) is 4.17. The zero-order valence-electron chi connectivity index (χ0n) is 16.2. The van der Waals surface area contributed by atoms with Crippen LogP contribution in [0.15, 0.2) is 67.3 Å². The quantitative estimate of drug-likeness (QED) is 0.379. The van der Waals surface area contributed by atoms with Crippen molar-refractivity contribution in [2.75, 3.05) is 0 Å². The van der Waals surface area contributed by atoms with Gasteiger partial charge in [0.2, 0.25) is 0 Å². The Labute approximate surface area is 189 Å². The molecule has 0 aliphatic carbocycles. The van der Waals surface area contributed by atoms with E-state index >= 15 is 0 Å². The summed E-state index contributed by atoms with van der Waals surface area (Å²) in [6.07, 6.45) is 1.96. The van der Waals surface area contributed by atoms with Gasteiger partial charge in [-0.2, -0.15) is 9.78 Å². The van der Waals surface area contributed by atoms with Crippen molar-refractivity contribution in [2.24, 2.45) is 5.10 Å². The number of rotatable bonds is 5. The van der Waals surface area contributed by atoms with E-state index in [9.17, 15) is 9.59 Å². The van der Waals surface area contributed by atoms with Crippen LogP contribution in [-0.2, 0) is 6.42 Å². The number of aromatic carboxylic acids is 1. The van der Waals surface area contributed by atoms with Crippen LogP contribution >= 0.6 is 27.5 Å². The number of furan rings is 1. The van der Waals surface area contributed by atoms with Gasteiger partial charge in [0.15, 0.2) is 0 Å². The summed E-state index contributed by atoms with van der Waals surface area (Å²) in [6.45, 7) is 1.90. The molecule has 0 saturated heterocycles. The number of aryl methyl sites for hydroxylation is 1. The molecule has 1 N–H and O–H groups in total. The van der Waals surface area contributed by atoms with Gasteiger partial charge in [-0.15, -0.1) is 0 Å². The van der Waals surface area contributed by atoms with Gasteiger partial charge < -0.3 is 9.52 Å². The Hall–Kier alpha value is -3.23. The fraction of sp³-hybridized carbons (Fsp3) is 0.0909. The van der Waals surface area contributed by atoms with Crippen LogP contribution in [0.4, 0.5) is 0 Å². The number of fused-ring (bicyclic) bond motifs is 1. The molecule has 4 aromatic rings. The predicted octanol–water partition coefficient (Wildman–Crippen LogP) is 5.22. The molecule has 0 atom stereocenters. The SMILES string of the molecule is CCc1nc2ccc(Br)cc2c(=O)n1N=Cc1ccc(-c2ccc(C(=O)O)c(Cl)c2)o1. The highest BCUT2D eigenvalue weighted by Gasteiger charge is 2.12. The zero-order valence-corrected chi connectivity index (χ0v) is 18.5. The molecule has 0 radical (unpaired) electrons. The normalized spacial score (nSPS) is 11.5. The molecule has 0 spiro atoms. The molecule has 2 aromatic heterocycles. The Morgan fingerprint density at radius 3 is 2.77 bits per heavy atom. The van der Waals surface area contributed by atoms with Gasteiger partial charge in [0.1, 0.15) is 17.3 Å². The van der Waals surface area contributed by atoms with Crippen LogP contribution in [-0.4, -0.2) is 27.0 Å². The van der Waals surface area contributed by atoms with Crippen molar-refractivity contribution in [2.45, 2.75) is 13.3 Å². The van der Waals surface area contributed by atoms with Gasteiger partial charge >= 0.3 is 5.97 Å². The summed E-state index contributed by atoms with van der Waals surface area (Å²) in [5.41, 5.74) is 0.972. The highest BCUT2D eigenvalue weighted by atomic mass is 79.9. The van der Waals surface area contributed by atoms with E-state index < -0.39 is 5.97 Å². The molecule has 2 heterocycles. The van der Waals surface area contributed by atoms with E-state index in [1.165, 1.54) is 23.0 Å². The van der Waals surface area contributed by atoms with Crippen LogP contribution in [0.5, 0.6) is 0 Å². The fourth-order valence-corrected chi connectivity index (χ4v) is 3.70. The molecule has 2 aromatic carbocycles. The van der Waals surface area contributed by atoms with Crippen molar-refractivity contribution in [1.29, 1.82) is 0 Å². The highest BCUT2D eigenvalue weighted by molar-refractivity contribution is 9.10. The molecule has 4 rings (SSSR count). The van der Waals surface area contributed by atoms with Crippen molar-refractivity contribution in [3.63, 3.8) is 0 Å². The number of nitrogens with zero attached hydrogens (tertiary/aromatic N) is 3. The molecule has 0 aliphatic heterocycles. The smallest absolute Gasteiger partial charge is 0.337 e. The van der Waals surface area contributed by atoms with E-state index in [0.717, 1.165) is 4.47 Å². The lowest BCUT2D eigenvalue weighted by Gasteiger charge is -2.07. The van der Waals surface area contributed by atoms with Gasteiger partial charge in [-0.05, 0) is 42.5 Å². The Balaban J connectivity index is 1.69. The summed E-state index contributed by atoms with van der Waals surface area (Å²) in [4.78, 5) is 28.6. The van der Waals surface area contributed by atoms with Crippen LogP contribution in [0.2, 0.25) is 5.02 Å². The average Bonchev–Trinajstić information content (AvgIpc) is 3.22. The second kappa shape index (κ2) is 8.49. The average molecular weight is 501 g/mol. The Morgan fingerprint density at radius 2 is 2.06 bits per heavy atom. The van der Waals surface area contributed by atoms with Crippen LogP contribution in [0.25, 0.3) is 22.2 Å². The minimum absolute atomic E-state index is 0.0145. The van der Waals surface area contributed by atoms with Crippen LogP contribution in [0.3, 0.4) is 0 Å². The van der Waals surface area contributed by atoms with Crippen molar-refractivity contribution >= 4 is 50.6 Å². The molecule has 0 saturated carbocycles. The van der Waals surface area contributed by atoms with Crippen LogP contribution < -0.4 is 5.56 Å². The lowest BCUT2D eigenvalue weighted by molar-refractivity contribution is 0.0697. The van der Waals surface area contributed by atoms with Crippen LogP contribution in [0.1, 0.15) is 28.9 Å². The molecule has 156 valence electrons. The maximum absolute atomic E-state index is 12.9. The number of halogens is 2. The van der Waals surface area contributed by atoms with Gasteiger partial charge in [0.05, 0.1) is 27.7 Å². The van der Waals surface area contributed by atoms with Gasteiger partial charge in [-0.3, -0.25) is 4.79 Å². The first-order valence-electron chi connectivity index (χ1n) is 9.26. The van der Waals surface area contributed by atoms with Gasteiger partial charge in [0.25, 0.3) is 5.56 Å². The summed E-state index contributed by atoms with van der Waals surface area (Å²) >= 11 is 9.41. The van der Waals surface area contributed by atoms with Crippen molar-refractivity contribution in [1.82, 2.24) is 9.66 Å². The Bertz CT molecular complexity index is 1410. The monoisotopic (exact) mass is 499 g/mol. The predicted molar refractivity (Wildman–Crippen MR) is 122 cm³/mol. The summed E-state index contributed by atoms with van der Waals surface area (Å²) in [5, 5.41) is 14.0. The first-order valence-corrected chi connectivity index (χ1v) is 10.4. The summed E-state index contributed by atoms with van der Waals surface area (Å²) in [6, 6.07) is 13.3. The van der Waals surface area contributed by atoms with E-state index in [1.54, 1.807) is 30.3 Å². The van der Waals surface area contributed by atoms with Crippen molar-refractivity contribution in [3.8, 4) is 11.3 Å². The van der Waals surface area contributed by atoms with E-state index in [2.05, 4.69) is 26.0 Å². The number of aromatic nitrogens is 2. The zero-order chi connectivity index (χ0) is 22.1. The second-order valence-electron chi connectivity index (χ2n) is 6.61. The summed E-state index contributed by atoms with van der Waals surface area (Å²) in [7, 11) is 0. The molecular formula is C22H15BrClN3O4. The lowest BCUT2D eigenvalue weighted by atomic mass is 10.1. The third-order valence-electron chi connectivity index (χ3n) is 4.60. The van der Waals surface area contributed by atoms with E-state index in [1.807, 2.05) is 13.0 Å². The molecule has 31 heavy (non-hydrogen) atoms. The van der Waals surface area contributed by atoms with E-state index in [4.69, 9.17) is 21.1 Å². The lowest BCUT2D eigenvalue weighted by Crippen LogP contribution is -2.22. The standard InChI is InChI=1S/C22H15BrClN3O4/c1-2-20-26-18-7-4-13(23)10-16(18)21(28)27(20)25-11-14-5-8-19(31-14)12-3-6-15(22(29)30)17(24)9-12/h3-11H,2H2,1H3,(H,29,30). The fourth-order valence-electron chi connectivity index (χ4n) is 3.08. The molecule has 0 amide bonds. The molecular weight excluding hydrogens is 486 g/mol. The molecule has 0 unspecified atom stereocenters. The topological polar surface area (TPSA) is 97.7 Å². The van der Waals surface area contributed by atoms with E-state index in [0.29, 0.717) is 40.2 Å². The first kappa shape index (κ1) is 21.0. The maximum Gasteiger partial charge on any atom is 0.337 e. The number of carbonyl (C=O) groups is 1. The van der Waals surface area contributed by atoms with E-state index in [-0.39, 0.29) is 16.1 Å². The summed E-state index contributed by atoms with van der Waals surface area (Å²) < 4.78 is 7.81. The molecule has 9 heteroatoms. The minimum atomic E-state index is -1.10. The van der Waals surface area contributed by atoms with Crippen molar-refractivity contribution in [3.05, 3.63) is 85.5 Å². The molecule has 0 fully saturated rings. The third-order valence-corrected chi connectivity index (χ3v) is 5.41. The molecule has 7 nitrogen and oxygen atoms in total. The number of benzene rings is 2. The maximum atomic E-state index is 12.9.